The molecular formula is C27H57N9O3Si3. The second kappa shape index (κ2) is 14.3. The first kappa shape index (κ1) is 33.7. The fourth-order valence-corrected chi connectivity index (χ4v) is 10.5. The molecule has 1 aromatic heterocycles. The first-order valence-electron chi connectivity index (χ1n) is 15.7. The highest BCUT2D eigenvalue weighted by Crippen LogP contribution is 2.23. The Morgan fingerprint density at radius 1 is 0.429 bits per heavy atom. The molecular weight excluding hydrogens is 583 g/mol. The standard InChI is InChI=1S/C27H57N9O3Si3/c1-37-40(4,5)22-31-10-16-34(17-11-31)25-28-26(35-18-12-32(13-19-35)23-41(6,7)38-2)30-27(29-25)36-20-14-33(15-21-36)24-42(8,9)39-3/h10-24H2,1-9H3. The topological polar surface area (TPSA) is 85.8 Å². The van der Waals surface area contributed by atoms with Gasteiger partial charge in [0.15, 0.2) is 25.0 Å². The number of aromatic nitrogens is 3. The van der Waals surface area contributed by atoms with E-state index in [1.54, 1.807) is 0 Å². The van der Waals surface area contributed by atoms with Crippen LogP contribution in [-0.2, 0) is 13.3 Å². The van der Waals surface area contributed by atoms with Gasteiger partial charge in [-0.25, -0.2) is 0 Å². The Hall–Kier alpha value is -1.18. The monoisotopic (exact) mass is 639 g/mol. The Balaban J connectivity index is 1.47. The maximum atomic E-state index is 5.82. The molecule has 42 heavy (non-hydrogen) atoms. The molecule has 0 spiro atoms. The van der Waals surface area contributed by atoms with Crippen LogP contribution in [0.4, 0.5) is 17.8 Å². The van der Waals surface area contributed by atoms with Crippen molar-refractivity contribution in [1.29, 1.82) is 0 Å². The summed E-state index contributed by atoms with van der Waals surface area (Å²) < 4.78 is 17.5. The molecule has 0 aliphatic carbocycles. The Morgan fingerprint density at radius 3 is 0.833 bits per heavy atom. The highest BCUT2D eigenvalue weighted by atomic mass is 28.4. The van der Waals surface area contributed by atoms with Crippen molar-refractivity contribution in [3.8, 4) is 0 Å². The van der Waals surface area contributed by atoms with Crippen molar-refractivity contribution < 1.29 is 13.3 Å². The molecule has 15 heteroatoms. The molecule has 0 radical (unpaired) electrons. The first-order chi connectivity index (χ1) is 19.8. The molecule has 0 aromatic carbocycles. The molecule has 0 unspecified atom stereocenters. The molecule has 0 atom stereocenters. The van der Waals surface area contributed by atoms with Crippen LogP contribution in [-0.4, -0.2) is 173 Å². The smallest absolute Gasteiger partial charge is 0.232 e. The van der Waals surface area contributed by atoms with Crippen LogP contribution in [0.15, 0.2) is 0 Å². The van der Waals surface area contributed by atoms with Crippen molar-refractivity contribution in [1.82, 2.24) is 29.7 Å². The van der Waals surface area contributed by atoms with E-state index in [-0.39, 0.29) is 0 Å². The Labute approximate surface area is 257 Å². The highest BCUT2D eigenvalue weighted by Gasteiger charge is 2.32. The van der Waals surface area contributed by atoms with E-state index in [4.69, 9.17) is 28.2 Å². The molecule has 1 aromatic rings. The summed E-state index contributed by atoms with van der Waals surface area (Å²) >= 11 is 0. The number of rotatable bonds is 12. The Morgan fingerprint density at radius 2 is 0.643 bits per heavy atom. The van der Waals surface area contributed by atoms with Gasteiger partial charge in [0.2, 0.25) is 17.8 Å². The van der Waals surface area contributed by atoms with Gasteiger partial charge >= 0.3 is 0 Å². The maximum absolute atomic E-state index is 5.82. The lowest BCUT2D eigenvalue weighted by molar-refractivity contribution is 0.267. The summed E-state index contributed by atoms with van der Waals surface area (Å²) in [4.78, 5) is 30.0. The lowest BCUT2D eigenvalue weighted by Crippen LogP contribution is -2.54. The van der Waals surface area contributed by atoms with E-state index in [9.17, 15) is 0 Å². The van der Waals surface area contributed by atoms with Crippen LogP contribution in [0.25, 0.3) is 0 Å². The Kier molecular flexibility index (Phi) is 11.5. The molecule has 12 nitrogen and oxygen atoms in total. The van der Waals surface area contributed by atoms with Crippen LogP contribution in [0.3, 0.4) is 0 Å². The van der Waals surface area contributed by atoms with Crippen LogP contribution in [0.2, 0.25) is 39.3 Å². The number of piperazine rings is 3. The summed E-state index contributed by atoms with van der Waals surface area (Å²) in [6.45, 7) is 25.3. The fourth-order valence-electron chi connectivity index (χ4n) is 5.89. The van der Waals surface area contributed by atoms with Crippen molar-refractivity contribution in [3.05, 3.63) is 0 Å². The van der Waals surface area contributed by atoms with Gasteiger partial charge in [-0.05, 0) is 39.3 Å². The predicted octanol–water partition coefficient (Wildman–Crippen LogP) is 1.41. The van der Waals surface area contributed by atoms with Crippen molar-refractivity contribution >= 4 is 42.8 Å². The SMILES string of the molecule is CO[Si](C)(C)CN1CCN(c2nc(N3CCN(C[Si](C)(C)OC)CC3)nc(N3CCN(C[Si](C)(C)OC)CC3)n2)CC1. The number of nitrogens with zero attached hydrogens (tertiary/aromatic N) is 9. The summed E-state index contributed by atoms with van der Waals surface area (Å²) in [6.07, 6.45) is 3.18. The zero-order valence-corrected chi connectivity index (χ0v) is 30.9. The minimum atomic E-state index is -1.64. The summed E-state index contributed by atoms with van der Waals surface area (Å²) in [5, 5.41) is 0. The quantitative estimate of drug-likeness (QED) is 0.310. The maximum Gasteiger partial charge on any atom is 0.232 e. The highest BCUT2D eigenvalue weighted by molar-refractivity contribution is 6.72. The summed E-state index contributed by atoms with van der Waals surface area (Å²) in [7, 11) is 0.649. The Bertz CT molecular complexity index is 862. The molecule has 3 aliphatic heterocycles. The van der Waals surface area contributed by atoms with Crippen LogP contribution >= 0.6 is 0 Å². The lowest BCUT2D eigenvalue weighted by Gasteiger charge is -2.40. The molecule has 0 bridgehead atoms. The van der Waals surface area contributed by atoms with E-state index in [0.717, 1.165) is 115 Å². The molecule has 3 aliphatic rings. The van der Waals surface area contributed by atoms with Gasteiger partial charge in [0, 0.05) is 118 Å². The minimum absolute atomic E-state index is 0.823. The average molecular weight is 640 g/mol. The van der Waals surface area contributed by atoms with Gasteiger partial charge in [-0.15, -0.1) is 0 Å². The second-order valence-corrected chi connectivity index (χ2v) is 26.6. The molecule has 240 valence electrons. The van der Waals surface area contributed by atoms with E-state index < -0.39 is 25.0 Å². The number of anilines is 3. The van der Waals surface area contributed by atoms with Crippen LogP contribution < -0.4 is 14.7 Å². The van der Waals surface area contributed by atoms with Gasteiger partial charge in [-0.3, -0.25) is 0 Å². The average Bonchev–Trinajstić information content (AvgIpc) is 2.97. The molecule has 0 saturated carbocycles. The van der Waals surface area contributed by atoms with Gasteiger partial charge in [0.1, 0.15) is 0 Å². The zero-order valence-electron chi connectivity index (χ0n) is 27.9. The second-order valence-electron chi connectivity index (χ2n) is 13.9. The third-order valence-electron chi connectivity index (χ3n) is 9.04. The van der Waals surface area contributed by atoms with Crippen LogP contribution in [0.1, 0.15) is 0 Å². The summed E-state index contributed by atoms with van der Waals surface area (Å²) in [5.41, 5.74) is 0. The lowest BCUT2D eigenvalue weighted by atomic mass is 10.3. The van der Waals surface area contributed by atoms with Crippen LogP contribution in [0, 0.1) is 0 Å². The summed E-state index contributed by atoms with van der Waals surface area (Å²) in [5.74, 6) is 2.47. The summed E-state index contributed by atoms with van der Waals surface area (Å²) in [6, 6.07) is 0. The van der Waals surface area contributed by atoms with Crippen LogP contribution in [0.5, 0.6) is 0 Å². The minimum Gasteiger partial charge on any atom is -0.419 e. The van der Waals surface area contributed by atoms with Crippen molar-refractivity contribution in [2.75, 3.05) is 133 Å². The largest absolute Gasteiger partial charge is 0.419 e. The van der Waals surface area contributed by atoms with E-state index in [1.165, 1.54) is 0 Å². The molecule has 0 N–H and O–H groups in total. The van der Waals surface area contributed by atoms with Gasteiger partial charge in [-0.2, -0.15) is 15.0 Å². The van der Waals surface area contributed by atoms with Gasteiger partial charge in [0.25, 0.3) is 0 Å². The van der Waals surface area contributed by atoms with Crippen molar-refractivity contribution in [3.63, 3.8) is 0 Å². The van der Waals surface area contributed by atoms with E-state index in [1.807, 2.05) is 21.3 Å². The predicted molar refractivity (Wildman–Crippen MR) is 179 cm³/mol. The van der Waals surface area contributed by atoms with E-state index in [2.05, 4.69) is 68.7 Å². The van der Waals surface area contributed by atoms with Gasteiger partial charge in [-0.1, -0.05) is 0 Å². The van der Waals surface area contributed by atoms with Gasteiger partial charge < -0.3 is 42.7 Å². The molecule has 3 saturated heterocycles. The zero-order chi connectivity index (χ0) is 30.5. The fraction of sp³-hybridized carbons (Fsp3) is 0.889. The molecule has 0 amide bonds. The first-order valence-corrected chi connectivity index (χ1v) is 25.0. The third kappa shape index (κ3) is 9.41. The normalized spacial score (nSPS) is 20.9. The molecule has 4 rings (SSSR count). The molecule has 4 heterocycles. The van der Waals surface area contributed by atoms with Crippen molar-refractivity contribution in [2.24, 2.45) is 0 Å². The van der Waals surface area contributed by atoms with Crippen molar-refractivity contribution in [2.45, 2.75) is 39.3 Å². The van der Waals surface area contributed by atoms with E-state index >= 15 is 0 Å². The number of hydrogen-bond donors (Lipinski definition) is 0. The third-order valence-corrected chi connectivity index (χ3v) is 16.0. The van der Waals surface area contributed by atoms with Gasteiger partial charge in [0.05, 0.1) is 0 Å². The molecule has 3 fully saturated rings. The number of hydrogen-bond acceptors (Lipinski definition) is 12. The van der Waals surface area contributed by atoms with E-state index in [0.29, 0.717) is 0 Å².